The van der Waals surface area contributed by atoms with Crippen LogP contribution in [0.2, 0.25) is 0 Å². The Morgan fingerprint density at radius 1 is 0.636 bits per heavy atom. The summed E-state index contributed by atoms with van der Waals surface area (Å²) in [5, 5.41) is 2.89. The highest BCUT2D eigenvalue weighted by molar-refractivity contribution is 5.81. The lowest BCUT2D eigenvalue weighted by Gasteiger charge is -2.08. The van der Waals surface area contributed by atoms with Crippen molar-refractivity contribution in [1.29, 1.82) is 0 Å². The quantitative estimate of drug-likeness (QED) is 0.202. The van der Waals surface area contributed by atoms with Crippen LogP contribution in [0.25, 0.3) is 0 Å². The number of carbonyl (C=O) groups excluding carboxylic acids is 2. The number of nitrogens with one attached hydrogen (secondary N) is 1. The highest BCUT2D eigenvalue weighted by atomic mass is 16.6. The van der Waals surface area contributed by atoms with Crippen LogP contribution in [0.4, 0.5) is 0 Å². The summed E-state index contributed by atoms with van der Waals surface area (Å²) in [6.07, 6.45) is 7.64. The molecule has 8 heteroatoms. The number of hydrogen-bond donors (Lipinski definition) is 1. The van der Waals surface area contributed by atoms with E-state index in [-0.39, 0.29) is 24.2 Å². The number of carbonyl (C=O) groups is 2. The Bertz CT molecular complexity index is 458. The van der Waals surface area contributed by atoms with Gasteiger partial charge in [0.2, 0.25) is 5.91 Å². The Hall–Kier alpha value is -1.06. The van der Waals surface area contributed by atoms with Crippen LogP contribution < -0.4 is 5.32 Å². The predicted octanol–water partition coefficient (Wildman–Crippen LogP) is 3.55. The fourth-order valence-electron chi connectivity index (χ4n) is 2.76. The van der Waals surface area contributed by atoms with Crippen molar-refractivity contribution in [2.75, 3.05) is 66.0 Å². The molecule has 0 saturated carbocycles. The first-order valence-corrected chi connectivity index (χ1v) is 12.7. The molecule has 0 heterocycles. The maximum absolute atomic E-state index is 11.8. The lowest BCUT2D eigenvalue weighted by atomic mass is 10.1. The largest absolute Gasteiger partial charge is 0.379 e. The average molecular weight is 476 g/mol. The van der Waals surface area contributed by atoms with E-state index in [2.05, 4.69) is 19.2 Å². The molecule has 0 spiro atoms. The zero-order chi connectivity index (χ0) is 24.6. The number of rotatable bonds is 25. The van der Waals surface area contributed by atoms with Gasteiger partial charge in [-0.05, 0) is 26.7 Å². The van der Waals surface area contributed by atoms with Crippen LogP contribution in [0.5, 0.6) is 0 Å². The van der Waals surface area contributed by atoms with Gasteiger partial charge in [-0.15, -0.1) is 0 Å². The molecule has 33 heavy (non-hydrogen) atoms. The third-order valence-electron chi connectivity index (χ3n) is 4.82. The van der Waals surface area contributed by atoms with Crippen LogP contribution in [0, 0.1) is 5.92 Å². The molecular formula is C25H49NO7. The topological polar surface area (TPSA) is 92.3 Å². The van der Waals surface area contributed by atoms with Gasteiger partial charge in [-0.3, -0.25) is 9.59 Å². The molecule has 0 fully saturated rings. The second kappa shape index (κ2) is 24.1. The van der Waals surface area contributed by atoms with Gasteiger partial charge in [0.15, 0.2) is 5.78 Å². The molecule has 0 aliphatic carbocycles. The number of ketones is 1. The summed E-state index contributed by atoms with van der Waals surface area (Å²) in [6.45, 7) is 12.6. The number of Topliss-reactive ketones (excluding diaryl/α,β-unsaturated/α-hetero) is 1. The van der Waals surface area contributed by atoms with Crippen molar-refractivity contribution >= 4 is 11.7 Å². The van der Waals surface area contributed by atoms with Crippen LogP contribution >= 0.6 is 0 Å². The number of unbranched alkanes of at least 4 members (excludes halogenated alkanes) is 5. The molecular weight excluding hydrogens is 426 g/mol. The lowest BCUT2D eigenvalue weighted by Crippen LogP contribution is -2.27. The monoisotopic (exact) mass is 475 g/mol. The zero-order valence-electron chi connectivity index (χ0n) is 21.5. The van der Waals surface area contributed by atoms with Crippen LogP contribution in [0.15, 0.2) is 0 Å². The van der Waals surface area contributed by atoms with E-state index in [0.29, 0.717) is 65.3 Å². The van der Waals surface area contributed by atoms with E-state index in [4.69, 9.17) is 23.7 Å². The van der Waals surface area contributed by atoms with E-state index in [9.17, 15) is 9.59 Å². The van der Waals surface area contributed by atoms with Gasteiger partial charge in [-0.1, -0.05) is 39.5 Å². The first-order chi connectivity index (χ1) is 15.9. The third-order valence-corrected chi connectivity index (χ3v) is 4.82. The maximum atomic E-state index is 11.8. The molecule has 0 bridgehead atoms. The van der Waals surface area contributed by atoms with Gasteiger partial charge in [-0.2, -0.15) is 0 Å². The van der Waals surface area contributed by atoms with Crippen molar-refractivity contribution in [3.05, 3.63) is 0 Å². The molecule has 0 unspecified atom stereocenters. The third kappa shape index (κ3) is 25.4. The minimum Gasteiger partial charge on any atom is -0.379 e. The van der Waals surface area contributed by atoms with Crippen LogP contribution in [0.1, 0.15) is 72.6 Å². The van der Waals surface area contributed by atoms with E-state index in [1.165, 1.54) is 19.3 Å². The molecule has 8 nitrogen and oxygen atoms in total. The zero-order valence-corrected chi connectivity index (χ0v) is 21.5. The van der Waals surface area contributed by atoms with E-state index in [0.717, 1.165) is 25.9 Å². The molecule has 0 atom stereocenters. The number of amides is 1. The van der Waals surface area contributed by atoms with Gasteiger partial charge < -0.3 is 29.0 Å². The molecule has 0 aromatic rings. The Morgan fingerprint density at radius 2 is 1.15 bits per heavy atom. The van der Waals surface area contributed by atoms with Crippen molar-refractivity contribution in [3.63, 3.8) is 0 Å². The second-order valence-electron chi connectivity index (χ2n) is 8.65. The summed E-state index contributed by atoms with van der Waals surface area (Å²) in [5.74, 6) is 0.196. The van der Waals surface area contributed by atoms with Gasteiger partial charge in [0, 0.05) is 25.5 Å². The smallest absolute Gasteiger partial charge is 0.220 e. The van der Waals surface area contributed by atoms with Crippen LogP contribution in [0.3, 0.4) is 0 Å². The summed E-state index contributed by atoms with van der Waals surface area (Å²) in [7, 11) is 0. The van der Waals surface area contributed by atoms with Gasteiger partial charge in [-0.25, -0.2) is 0 Å². The van der Waals surface area contributed by atoms with Gasteiger partial charge in [0.25, 0.3) is 0 Å². The molecule has 0 aliphatic rings. The molecule has 0 radical (unpaired) electrons. The number of hydrogen-bond acceptors (Lipinski definition) is 7. The fourth-order valence-corrected chi connectivity index (χ4v) is 2.76. The molecule has 0 aromatic carbocycles. The summed E-state index contributed by atoms with van der Waals surface area (Å²) >= 11 is 0. The molecule has 1 N–H and O–H groups in total. The van der Waals surface area contributed by atoms with Gasteiger partial charge in [0.1, 0.15) is 6.61 Å². The fraction of sp³-hybridized carbons (Fsp3) is 0.920. The molecule has 1 amide bonds. The number of ether oxygens (including phenoxy) is 5. The first-order valence-electron chi connectivity index (χ1n) is 12.7. The van der Waals surface area contributed by atoms with Crippen LogP contribution in [-0.4, -0.2) is 83.8 Å². The summed E-state index contributed by atoms with van der Waals surface area (Å²) in [6, 6.07) is 0. The molecule has 0 aromatic heterocycles. The van der Waals surface area contributed by atoms with Crippen molar-refractivity contribution in [2.45, 2.75) is 78.7 Å². The normalized spacial score (nSPS) is 11.5. The Kier molecular flexibility index (Phi) is 23.3. The van der Waals surface area contributed by atoms with E-state index >= 15 is 0 Å². The van der Waals surface area contributed by atoms with Gasteiger partial charge in [0.05, 0.1) is 52.4 Å². The molecule has 0 saturated heterocycles. The minimum absolute atomic E-state index is 0.00322. The average Bonchev–Trinajstić information content (AvgIpc) is 2.77. The maximum Gasteiger partial charge on any atom is 0.220 e. The second-order valence-corrected chi connectivity index (χ2v) is 8.65. The van der Waals surface area contributed by atoms with E-state index < -0.39 is 0 Å². The highest BCUT2D eigenvalue weighted by Crippen LogP contribution is 2.07. The van der Waals surface area contributed by atoms with Crippen LogP contribution in [-0.2, 0) is 33.3 Å². The summed E-state index contributed by atoms with van der Waals surface area (Å²) in [5.41, 5.74) is 0. The highest BCUT2D eigenvalue weighted by Gasteiger charge is 2.06. The molecule has 196 valence electrons. The first kappa shape index (κ1) is 31.9. The van der Waals surface area contributed by atoms with Crippen molar-refractivity contribution in [1.82, 2.24) is 5.32 Å². The minimum atomic E-state index is 0.00322. The van der Waals surface area contributed by atoms with E-state index in [1.54, 1.807) is 0 Å². The lowest BCUT2D eigenvalue weighted by molar-refractivity contribution is -0.127. The summed E-state index contributed by atoms with van der Waals surface area (Å²) in [4.78, 5) is 23.2. The van der Waals surface area contributed by atoms with Crippen molar-refractivity contribution < 1.29 is 33.3 Å². The SMILES string of the molecule is CC(C)OCCCCCCCCC(=O)NCCOCCOCCOCCOCC(=O)C(C)C. The Balaban J connectivity index is 3.20. The summed E-state index contributed by atoms with van der Waals surface area (Å²) < 4.78 is 27.0. The molecule has 0 aliphatic heterocycles. The van der Waals surface area contributed by atoms with Crippen molar-refractivity contribution in [2.24, 2.45) is 5.92 Å². The standard InChI is InChI=1S/C25H49NO7/c1-22(2)24(27)21-32-20-19-31-18-17-30-16-15-29-14-12-26-25(28)11-9-7-5-6-8-10-13-33-23(3)4/h22-23H,5-21H2,1-4H3,(H,26,28). The van der Waals surface area contributed by atoms with E-state index in [1.807, 2.05) is 13.8 Å². The Labute approximate surface area is 201 Å². The Morgan fingerprint density at radius 3 is 1.73 bits per heavy atom. The molecule has 0 rings (SSSR count). The van der Waals surface area contributed by atoms with Crippen molar-refractivity contribution in [3.8, 4) is 0 Å². The predicted molar refractivity (Wildman–Crippen MR) is 130 cm³/mol. The van der Waals surface area contributed by atoms with Gasteiger partial charge >= 0.3 is 0 Å².